The van der Waals surface area contributed by atoms with Gasteiger partial charge in [0.25, 0.3) is 10.0 Å². The fraction of sp³-hybridized carbons (Fsp3) is 0.176. The van der Waals surface area contributed by atoms with Crippen molar-refractivity contribution in [2.45, 2.75) is 17.9 Å². The summed E-state index contributed by atoms with van der Waals surface area (Å²) < 4.78 is 55.0. The highest BCUT2D eigenvalue weighted by Gasteiger charge is 2.29. The lowest BCUT2D eigenvalue weighted by Gasteiger charge is -2.09. The van der Waals surface area contributed by atoms with Crippen LogP contribution in [0.2, 0.25) is 5.02 Å². The van der Waals surface area contributed by atoms with Gasteiger partial charge in [0.1, 0.15) is 11.6 Å². The summed E-state index contributed by atoms with van der Waals surface area (Å²) in [7, 11) is -3.63. The SMILES string of the molecule is O=C(CCN=C1NS(=O)(=O)c2ccccc21)Nc1ccc(OC(F)F)c(Cl)c1. The molecule has 0 aliphatic carbocycles. The van der Waals surface area contributed by atoms with Crippen LogP contribution in [0.4, 0.5) is 14.5 Å². The molecule has 1 aliphatic rings. The van der Waals surface area contributed by atoms with E-state index in [1.807, 2.05) is 0 Å². The van der Waals surface area contributed by atoms with E-state index in [2.05, 4.69) is 19.8 Å². The van der Waals surface area contributed by atoms with Gasteiger partial charge in [-0.1, -0.05) is 23.7 Å². The summed E-state index contributed by atoms with van der Waals surface area (Å²) >= 11 is 5.83. The second-order valence-corrected chi connectivity index (χ2v) is 7.71. The normalized spacial score (nSPS) is 15.9. The Morgan fingerprint density at radius 3 is 2.71 bits per heavy atom. The molecule has 0 atom stereocenters. The Labute approximate surface area is 164 Å². The van der Waals surface area contributed by atoms with Crippen molar-refractivity contribution < 1.29 is 26.7 Å². The van der Waals surface area contributed by atoms with Crippen molar-refractivity contribution in [2.75, 3.05) is 11.9 Å². The van der Waals surface area contributed by atoms with Gasteiger partial charge in [0, 0.05) is 17.7 Å². The molecule has 0 aromatic heterocycles. The number of alkyl halides is 2. The molecule has 0 saturated heterocycles. The van der Waals surface area contributed by atoms with Crippen molar-refractivity contribution >= 4 is 39.1 Å². The van der Waals surface area contributed by atoms with Gasteiger partial charge in [-0.25, -0.2) is 8.42 Å². The van der Waals surface area contributed by atoms with Crippen LogP contribution >= 0.6 is 11.6 Å². The molecule has 7 nitrogen and oxygen atoms in total. The molecule has 1 amide bonds. The lowest BCUT2D eigenvalue weighted by molar-refractivity contribution is -0.116. The molecule has 2 aromatic carbocycles. The molecule has 0 unspecified atom stereocenters. The van der Waals surface area contributed by atoms with E-state index in [-0.39, 0.29) is 34.5 Å². The minimum Gasteiger partial charge on any atom is -0.433 e. The molecule has 1 aliphatic heterocycles. The van der Waals surface area contributed by atoms with Gasteiger partial charge >= 0.3 is 6.61 Å². The van der Waals surface area contributed by atoms with Crippen LogP contribution in [0.15, 0.2) is 52.4 Å². The second kappa shape index (κ2) is 8.11. The molecule has 3 rings (SSSR count). The molecule has 0 bridgehead atoms. The zero-order chi connectivity index (χ0) is 20.3. The van der Waals surface area contributed by atoms with Crippen molar-refractivity contribution in [1.29, 1.82) is 0 Å². The number of nitrogens with one attached hydrogen (secondary N) is 2. The molecule has 2 aromatic rings. The monoisotopic (exact) mass is 429 g/mol. The Morgan fingerprint density at radius 2 is 2.00 bits per heavy atom. The number of hydrogen-bond donors (Lipinski definition) is 2. The summed E-state index contributed by atoms with van der Waals surface area (Å²) in [5, 5.41) is 2.48. The van der Waals surface area contributed by atoms with Crippen LogP contribution in [-0.4, -0.2) is 33.3 Å². The molecule has 0 spiro atoms. The number of amides is 1. The zero-order valence-electron chi connectivity index (χ0n) is 14.2. The molecule has 11 heteroatoms. The van der Waals surface area contributed by atoms with E-state index in [4.69, 9.17) is 11.6 Å². The van der Waals surface area contributed by atoms with E-state index >= 15 is 0 Å². The Kier molecular flexibility index (Phi) is 5.80. The maximum absolute atomic E-state index is 12.2. The Bertz CT molecular complexity index is 1040. The van der Waals surface area contributed by atoms with Gasteiger partial charge in [0.15, 0.2) is 0 Å². The average molecular weight is 430 g/mol. The molecular formula is C17H14ClF2N3O4S. The van der Waals surface area contributed by atoms with Crippen molar-refractivity contribution in [2.24, 2.45) is 4.99 Å². The fourth-order valence-corrected chi connectivity index (χ4v) is 3.99. The van der Waals surface area contributed by atoms with Gasteiger partial charge in [0.05, 0.1) is 16.5 Å². The fourth-order valence-electron chi connectivity index (χ4n) is 2.51. The first-order chi connectivity index (χ1) is 13.3. The number of anilines is 1. The number of fused-ring (bicyclic) bond motifs is 1. The summed E-state index contributed by atoms with van der Waals surface area (Å²) in [6.07, 6.45) is -0.0275. The van der Waals surface area contributed by atoms with Crippen molar-refractivity contribution in [3.8, 4) is 5.75 Å². The minimum absolute atomic E-state index is 0.0275. The smallest absolute Gasteiger partial charge is 0.387 e. The van der Waals surface area contributed by atoms with Gasteiger partial charge in [-0.15, -0.1) is 0 Å². The molecule has 28 heavy (non-hydrogen) atoms. The number of carbonyl (C=O) groups excluding carboxylic acids is 1. The molecule has 0 radical (unpaired) electrons. The largest absolute Gasteiger partial charge is 0.433 e. The standard InChI is InChI=1S/C17H14ClF2N3O4S/c18-12-9-10(5-6-13(12)27-17(19)20)22-15(24)7-8-21-16-11-3-1-2-4-14(11)28(25,26)23-16/h1-6,9,17H,7-8H2,(H,21,23)(H,22,24). The summed E-state index contributed by atoms with van der Waals surface area (Å²) in [6, 6.07) is 10.3. The Hall–Kier alpha value is -2.72. The van der Waals surface area contributed by atoms with E-state index in [0.29, 0.717) is 11.3 Å². The number of carbonyl (C=O) groups is 1. The molecular weight excluding hydrogens is 416 g/mol. The third-order valence-electron chi connectivity index (χ3n) is 3.70. The summed E-state index contributed by atoms with van der Waals surface area (Å²) in [6.45, 7) is -2.96. The first-order valence-electron chi connectivity index (χ1n) is 7.97. The number of aliphatic imine (C=N–C) groups is 1. The predicted molar refractivity (Wildman–Crippen MR) is 99.5 cm³/mol. The number of amidine groups is 1. The Balaban J connectivity index is 1.60. The topological polar surface area (TPSA) is 96.9 Å². The van der Waals surface area contributed by atoms with Gasteiger partial charge in [-0.3, -0.25) is 14.5 Å². The number of sulfonamides is 1. The third kappa shape index (κ3) is 4.57. The second-order valence-electron chi connectivity index (χ2n) is 5.65. The first-order valence-corrected chi connectivity index (χ1v) is 9.83. The maximum atomic E-state index is 12.2. The van der Waals surface area contributed by atoms with Crippen LogP contribution < -0.4 is 14.8 Å². The predicted octanol–water partition coefficient (Wildman–Crippen LogP) is 3.01. The highest BCUT2D eigenvalue weighted by Crippen LogP contribution is 2.29. The van der Waals surface area contributed by atoms with Crippen molar-refractivity contribution in [3.63, 3.8) is 0 Å². The van der Waals surface area contributed by atoms with Crippen LogP contribution in [0, 0.1) is 0 Å². The number of ether oxygens (including phenoxy) is 1. The first kappa shape index (κ1) is 20.0. The van der Waals surface area contributed by atoms with Gasteiger partial charge in [-0.05, 0) is 30.3 Å². The van der Waals surface area contributed by atoms with Gasteiger partial charge in [0.2, 0.25) is 5.91 Å². The third-order valence-corrected chi connectivity index (χ3v) is 5.40. The number of rotatable bonds is 6. The lowest BCUT2D eigenvalue weighted by Crippen LogP contribution is -2.23. The summed E-state index contributed by atoms with van der Waals surface area (Å²) in [5.41, 5.74) is 0.750. The van der Waals surface area contributed by atoms with Gasteiger partial charge < -0.3 is 10.1 Å². The van der Waals surface area contributed by atoms with E-state index in [1.165, 1.54) is 24.3 Å². The van der Waals surface area contributed by atoms with E-state index < -0.39 is 22.5 Å². The Morgan fingerprint density at radius 1 is 1.25 bits per heavy atom. The van der Waals surface area contributed by atoms with Crippen molar-refractivity contribution in [3.05, 3.63) is 53.1 Å². The quantitative estimate of drug-likeness (QED) is 0.737. The number of halogens is 3. The van der Waals surface area contributed by atoms with Crippen molar-refractivity contribution in [1.82, 2.24) is 4.72 Å². The van der Waals surface area contributed by atoms with Crippen LogP contribution in [0.1, 0.15) is 12.0 Å². The summed E-state index contributed by atoms with van der Waals surface area (Å²) in [5.74, 6) is -0.426. The van der Waals surface area contributed by atoms with Crippen LogP contribution in [-0.2, 0) is 14.8 Å². The molecule has 1 heterocycles. The van der Waals surface area contributed by atoms with Crippen LogP contribution in [0.25, 0.3) is 0 Å². The molecule has 2 N–H and O–H groups in total. The minimum atomic E-state index is -3.63. The van der Waals surface area contributed by atoms with E-state index in [1.54, 1.807) is 18.2 Å². The van der Waals surface area contributed by atoms with Crippen LogP contribution in [0.3, 0.4) is 0 Å². The maximum Gasteiger partial charge on any atom is 0.387 e. The highest BCUT2D eigenvalue weighted by atomic mass is 35.5. The summed E-state index contributed by atoms with van der Waals surface area (Å²) in [4.78, 5) is 16.3. The highest BCUT2D eigenvalue weighted by molar-refractivity contribution is 7.90. The number of benzene rings is 2. The van der Waals surface area contributed by atoms with Crippen LogP contribution in [0.5, 0.6) is 5.75 Å². The molecule has 148 valence electrons. The van der Waals surface area contributed by atoms with E-state index in [9.17, 15) is 22.0 Å². The average Bonchev–Trinajstić information content (AvgIpc) is 2.88. The zero-order valence-corrected chi connectivity index (χ0v) is 15.7. The van der Waals surface area contributed by atoms with E-state index in [0.717, 1.165) is 0 Å². The van der Waals surface area contributed by atoms with Gasteiger partial charge in [-0.2, -0.15) is 8.78 Å². The number of nitrogens with zero attached hydrogens (tertiary/aromatic N) is 1. The number of hydrogen-bond acceptors (Lipinski definition) is 5. The molecule has 0 saturated carbocycles. The lowest BCUT2D eigenvalue weighted by atomic mass is 10.2. The molecule has 0 fully saturated rings.